The Bertz CT molecular complexity index is 2500. The van der Waals surface area contributed by atoms with Gasteiger partial charge in [-0.2, -0.15) is 5.10 Å². The molecule has 4 aromatic carbocycles. The maximum absolute atomic E-state index is 13.6. The number of esters is 4. The summed E-state index contributed by atoms with van der Waals surface area (Å²) in [7, 11) is 0. The number of hydrogen-bond acceptors (Lipinski definition) is 14. The quantitative estimate of drug-likeness (QED) is 0.0123. The van der Waals surface area contributed by atoms with Gasteiger partial charge in [-0.25, -0.2) is 29.2 Å². The number of carbonyl (C=O) groups excluding carboxylic acids is 4. The van der Waals surface area contributed by atoms with E-state index in [-0.39, 0.29) is 17.4 Å². The Morgan fingerprint density at radius 2 is 1.24 bits per heavy atom. The van der Waals surface area contributed by atoms with Gasteiger partial charge >= 0.3 is 23.9 Å². The minimum Gasteiger partial charge on any atom is -0.494 e. The molecule has 348 valence electrons. The van der Waals surface area contributed by atoms with Crippen LogP contribution in [0.4, 0.5) is 5.13 Å². The van der Waals surface area contributed by atoms with Crippen molar-refractivity contribution >= 4 is 56.8 Å². The van der Waals surface area contributed by atoms with Gasteiger partial charge in [0.2, 0.25) is 5.13 Å². The Balaban J connectivity index is 1.11. The van der Waals surface area contributed by atoms with E-state index in [1.807, 2.05) is 41.4 Å². The van der Waals surface area contributed by atoms with Crippen molar-refractivity contribution in [2.75, 3.05) is 38.0 Å². The first-order valence-corrected chi connectivity index (χ1v) is 23.2. The van der Waals surface area contributed by atoms with Gasteiger partial charge < -0.3 is 28.4 Å². The van der Waals surface area contributed by atoms with Crippen LogP contribution >= 0.6 is 11.3 Å². The highest BCUT2D eigenvalue weighted by Crippen LogP contribution is 2.31. The van der Waals surface area contributed by atoms with E-state index in [4.69, 9.17) is 38.5 Å². The molecular weight excluding hydrogens is 871 g/mol. The predicted molar refractivity (Wildman–Crippen MR) is 260 cm³/mol. The van der Waals surface area contributed by atoms with E-state index < -0.39 is 23.9 Å². The Morgan fingerprint density at radius 3 is 1.81 bits per heavy atom. The van der Waals surface area contributed by atoms with Gasteiger partial charge in [0.25, 0.3) is 0 Å². The average Bonchev–Trinajstić information content (AvgIpc) is 3.80. The molecule has 0 saturated carbocycles. The van der Waals surface area contributed by atoms with Crippen LogP contribution in [0.5, 0.6) is 23.0 Å². The summed E-state index contributed by atoms with van der Waals surface area (Å²) in [5, 5.41) is 7.46. The van der Waals surface area contributed by atoms with Crippen LogP contribution in [0.25, 0.3) is 10.2 Å². The summed E-state index contributed by atoms with van der Waals surface area (Å²) in [6.45, 7) is 9.06. The van der Waals surface area contributed by atoms with Crippen LogP contribution in [0.1, 0.15) is 84.1 Å². The number of ether oxygens (including phenoxy) is 6. The van der Waals surface area contributed by atoms with Crippen LogP contribution in [-0.2, 0) is 19.1 Å². The molecule has 1 unspecified atom stereocenters. The number of thiazole rings is 1. The predicted octanol–water partition coefficient (Wildman–Crippen LogP) is 11.0. The van der Waals surface area contributed by atoms with Crippen LogP contribution in [0.15, 0.2) is 146 Å². The summed E-state index contributed by atoms with van der Waals surface area (Å²) in [4.78, 5) is 54.2. The van der Waals surface area contributed by atoms with E-state index in [0.717, 1.165) is 80.2 Å². The molecule has 0 N–H and O–H groups in total. The lowest BCUT2D eigenvalue weighted by molar-refractivity contribution is -0.138. The number of unbranched alkanes of at least 4 members (excludes halogenated alkanes) is 6. The number of hydrazone groups is 1. The van der Waals surface area contributed by atoms with E-state index in [1.54, 1.807) is 72.9 Å². The molecule has 67 heavy (non-hydrogen) atoms. The number of aromatic nitrogens is 1. The van der Waals surface area contributed by atoms with Crippen LogP contribution in [0.2, 0.25) is 0 Å². The number of allylic oxidation sites excluding steroid dienone is 3. The van der Waals surface area contributed by atoms with Crippen molar-refractivity contribution in [2.45, 2.75) is 57.8 Å². The molecule has 0 amide bonds. The van der Waals surface area contributed by atoms with Crippen molar-refractivity contribution in [1.82, 2.24) is 4.98 Å². The zero-order chi connectivity index (χ0) is 47.1. The van der Waals surface area contributed by atoms with Gasteiger partial charge in [-0.05, 0) is 137 Å². The van der Waals surface area contributed by atoms with Crippen LogP contribution in [0.3, 0.4) is 0 Å². The van der Waals surface area contributed by atoms with E-state index >= 15 is 0 Å². The van der Waals surface area contributed by atoms with Crippen LogP contribution in [-0.4, -0.2) is 68.0 Å². The molecule has 14 heteroatoms. The molecule has 13 nitrogen and oxygen atoms in total. The number of para-hydroxylation sites is 1. The highest BCUT2D eigenvalue weighted by molar-refractivity contribution is 7.22. The van der Waals surface area contributed by atoms with E-state index in [2.05, 4.69) is 25.3 Å². The Hall–Kier alpha value is -7.32. The molecule has 1 atom stereocenters. The van der Waals surface area contributed by atoms with Gasteiger partial charge in [0.1, 0.15) is 23.0 Å². The summed E-state index contributed by atoms with van der Waals surface area (Å²) >= 11 is 1.53. The van der Waals surface area contributed by atoms with Gasteiger partial charge in [0, 0.05) is 23.6 Å². The smallest absolute Gasteiger partial charge is 0.343 e. The van der Waals surface area contributed by atoms with Gasteiger partial charge in [0.15, 0.2) is 0 Å². The molecule has 1 aromatic heterocycles. The molecule has 1 aliphatic rings. The fraction of sp³-hybridized carbons (Fsp3) is 0.283. The van der Waals surface area contributed by atoms with Gasteiger partial charge in [0.05, 0.1) is 60.5 Å². The SMILES string of the molecule is C=CC(=O)OCCCCCCOc1ccc(C(=O)Oc2ccc(OC(=O)c3ccc(OCCCCCCOC(=O)C=C)cc3)c(/C=N/N(CC3C=CC=CC3)c3nc4ccccc4s3)c2)cc1. The normalized spacial score (nSPS) is 12.9. The maximum Gasteiger partial charge on any atom is 0.343 e. The first-order valence-electron chi connectivity index (χ1n) is 22.4. The van der Waals surface area contributed by atoms with Gasteiger partial charge in [-0.15, -0.1) is 0 Å². The highest BCUT2D eigenvalue weighted by atomic mass is 32.1. The second-order valence-electron chi connectivity index (χ2n) is 15.4. The summed E-state index contributed by atoms with van der Waals surface area (Å²) in [5.74, 6) is -0.182. The van der Waals surface area contributed by atoms with Crippen LogP contribution < -0.4 is 24.0 Å². The number of hydrogen-bond donors (Lipinski definition) is 0. The molecule has 1 heterocycles. The van der Waals surface area contributed by atoms with Crippen molar-refractivity contribution < 1.29 is 47.6 Å². The Labute approximate surface area is 395 Å². The lowest BCUT2D eigenvalue weighted by Crippen LogP contribution is -2.24. The number of nitrogens with zero attached hydrogens (tertiary/aromatic N) is 3. The largest absolute Gasteiger partial charge is 0.494 e. The number of anilines is 1. The third-order valence-corrected chi connectivity index (χ3v) is 11.4. The van der Waals surface area contributed by atoms with Crippen molar-refractivity contribution in [3.05, 3.63) is 157 Å². The van der Waals surface area contributed by atoms with Crippen molar-refractivity contribution in [3.8, 4) is 23.0 Å². The summed E-state index contributed by atoms with van der Waals surface area (Å²) in [6, 6.07) is 26.1. The van der Waals surface area contributed by atoms with E-state index in [0.29, 0.717) is 66.3 Å². The van der Waals surface area contributed by atoms with Gasteiger partial charge in [-0.1, -0.05) is 60.9 Å². The van der Waals surface area contributed by atoms with Crippen LogP contribution in [0, 0.1) is 5.92 Å². The molecule has 6 rings (SSSR count). The van der Waals surface area contributed by atoms with Crippen molar-refractivity contribution in [2.24, 2.45) is 11.0 Å². The average molecular weight is 926 g/mol. The molecule has 0 aliphatic heterocycles. The summed E-state index contributed by atoms with van der Waals surface area (Å²) in [6.07, 6.45) is 19.9. The number of rotatable bonds is 27. The van der Waals surface area contributed by atoms with Crippen molar-refractivity contribution in [1.29, 1.82) is 0 Å². The molecule has 0 bridgehead atoms. The van der Waals surface area contributed by atoms with E-state index in [1.165, 1.54) is 11.3 Å². The first-order chi connectivity index (χ1) is 32.8. The van der Waals surface area contributed by atoms with Gasteiger partial charge in [-0.3, -0.25) is 0 Å². The molecule has 0 radical (unpaired) electrons. The zero-order valence-electron chi connectivity index (χ0n) is 37.4. The second-order valence-corrected chi connectivity index (χ2v) is 16.4. The topological polar surface area (TPSA) is 152 Å². The summed E-state index contributed by atoms with van der Waals surface area (Å²) in [5.41, 5.74) is 1.88. The third kappa shape index (κ3) is 16.3. The molecule has 5 aromatic rings. The number of fused-ring (bicyclic) bond motifs is 1. The van der Waals surface area contributed by atoms with E-state index in [9.17, 15) is 19.2 Å². The minimum absolute atomic E-state index is 0.176. The lowest BCUT2D eigenvalue weighted by atomic mass is 10.0. The number of carbonyl (C=O) groups is 4. The maximum atomic E-state index is 13.6. The Kier molecular flexibility index (Phi) is 19.5. The monoisotopic (exact) mass is 925 g/mol. The fourth-order valence-electron chi connectivity index (χ4n) is 6.71. The first kappa shape index (κ1) is 49.1. The molecule has 0 spiro atoms. The second kappa shape index (κ2) is 26.6. The highest BCUT2D eigenvalue weighted by Gasteiger charge is 2.19. The summed E-state index contributed by atoms with van der Waals surface area (Å²) < 4.78 is 34.6. The molecule has 0 saturated heterocycles. The minimum atomic E-state index is -0.598. The van der Waals surface area contributed by atoms with Crippen molar-refractivity contribution in [3.63, 3.8) is 0 Å². The lowest BCUT2D eigenvalue weighted by Gasteiger charge is -2.21. The Morgan fingerprint density at radius 1 is 0.672 bits per heavy atom. The number of benzene rings is 4. The standard InChI is InChI=1S/C53H55N3O10S/c1-3-49(57)63-34-16-7-5-14-32-61-43-26-22-40(23-27-43)51(59)65-45-30-31-47(66-52(60)41-24-28-44(29-25-41)62-33-15-6-8-17-35-64-50(58)4-2)42(36-45)37-54-56(38-39-18-10-9-11-19-39)53-55-46-20-12-13-21-48(46)67-53/h3-4,9-13,18,20-31,36-37,39H,1-2,5-8,14-17,19,32-35,38H2/b54-37+. The zero-order valence-corrected chi connectivity index (χ0v) is 38.2. The molecular formula is C53H55N3O10S. The molecule has 0 fully saturated rings. The fourth-order valence-corrected chi connectivity index (χ4v) is 7.64. The third-order valence-electron chi connectivity index (χ3n) is 10.3. The molecule has 1 aliphatic carbocycles.